The van der Waals surface area contributed by atoms with Gasteiger partial charge in [0.1, 0.15) is 0 Å². The molecule has 0 saturated carbocycles. The maximum atomic E-state index is 11.8. The van der Waals surface area contributed by atoms with Crippen LogP contribution >= 0.6 is 0 Å². The maximum absolute atomic E-state index is 11.8. The van der Waals surface area contributed by atoms with Crippen LogP contribution in [-0.4, -0.2) is 12.5 Å². The van der Waals surface area contributed by atoms with E-state index in [1.807, 2.05) is 30.3 Å². The van der Waals surface area contributed by atoms with E-state index in [4.69, 9.17) is 0 Å². The third kappa shape index (κ3) is 5.85. The largest absolute Gasteiger partial charge is 0.356 e. The van der Waals surface area contributed by atoms with E-state index < -0.39 is 0 Å². The fourth-order valence-corrected chi connectivity index (χ4v) is 2.05. The van der Waals surface area contributed by atoms with E-state index in [0.717, 1.165) is 18.5 Å². The molecule has 18 heavy (non-hydrogen) atoms. The zero-order chi connectivity index (χ0) is 13.2. The molecular weight excluding hydrogens is 222 g/mol. The summed E-state index contributed by atoms with van der Waals surface area (Å²) >= 11 is 0. The van der Waals surface area contributed by atoms with Crippen molar-refractivity contribution in [3.63, 3.8) is 0 Å². The number of nitrogens with one attached hydrogen (secondary N) is 1. The number of unbranched alkanes of at least 4 members (excludes halogenated alkanes) is 1. The Morgan fingerprint density at radius 2 is 1.94 bits per heavy atom. The predicted molar refractivity (Wildman–Crippen MR) is 76.5 cm³/mol. The summed E-state index contributed by atoms with van der Waals surface area (Å²) in [5.74, 6) is 0.765. The monoisotopic (exact) mass is 247 g/mol. The van der Waals surface area contributed by atoms with E-state index in [1.165, 1.54) is 19.3 Å². The molecular formula is C16H25NO. The van der Waals surface area contributed by atoms with Crippen molar-refractivity contribution in [2.24, 2.45) is 5.92 Å². The van der Waals surface area contributed by atoms with Crippen molar-refractivity contribution in [1.82, 2.24) is 5.32 Å². The van der Waals surface area contributed by atoms with Crippen molar-refractivity contribution in [3.05, 3.63) is 35.9 Å². The molecule has 0 aromatic heterocycles. The summed E-state index contributed by atoms with van der Waals surface area (Å²) in [6.07, 6.45) is 5.34. The Kier molecular flexibility index (Phi) is 7.16. The van der Waals surface area contributed by atoms with Crippen molar-refractivity contribution < 1.29 is 4.79 Å². The van der Waals surface area contributed by atoms with Gasteiger partial charge in [0.25, 0.3) is 0 Å². The second kappa shape index (κ2) is 8.73. The lowest BCUT2D eigenvalue weighted by atomic mass is 9.99. The SMILES string of the molecule is CCCC[C@H](CC)CNC(=O)Cc1ccccc1. The summed E-state index contributed by atoms with van der Waals surface area (Å²) < 4.78 is 0. The smallest absolute Gasteiger partial charge is 0.224 e. The molecule has 0 fully saturated rings. The third-order valence-electron chi connectivity index (χ3n) is 3.34. The minimum Gasteiger partial charge on any atom is -0.356 e. The van der Waals surface area contributed by atoms with Gasteiger partial charge < -0.3 is 5.32 Å². The number of benzene rings is 1. The van der Waals surface area contributed by atoms with Crippen LogP contribution < -0.4 is 5.32 Å². The van der Waals surface area contributed by atoms with E-state index in [2.05, 4.69) is 19.2 Å². The number of rotatable bonds is 8. The second-order valence-corrected chi connectivity index (χ2v) is 4.88. The molecule has 2 nitrogen and oxygen atoms in total. The molecule has 100 valence electrons. The average Bonchev–Trinajstić information content (AvgIpc) is 2.40. The highest BCUT2D eigenvalue weighted by molar-refractivity contribution is 5.78. The zero-order valence-corrected chi connectivity index (χ0v) is 11.6. The molecule has 1 rings (SSSR count). The van der Waals surface area contributed by atoms with Gasteiger partial charge in [0.05, 0.1) is 6.42 Å². The van der Waals surface area contributed by atoms with Gasteiger partial charge in [0.15, 0.2) is 0 Å². The van der Waals surface area contributed by atoms with Gasteiger partial charge in [-0.2, -0.15) is 0 Å². The Morgan fingerprint density at radius 3 is 2.56 bits per heavy atom. The Balaban J connectivity index is 2.27. The summed E-state index contributed by atoms with van der Waals surface area (Å²) in [5, 5.41) is 3.05. The van der Waals surface area contributed by atoms with Crippen LogP contribution in [0.5, 0.6) is 0 Å². The number of amides is 1. The lowest BCUT2D eigenvalue weighted by Gasteiger charge is -2.15. The molecule has 1 N–H and O–H groups in total. The molecule has 0 saturated heterocycles. The van der Waals surface area contributed by atoms with Crippen LogP contribution in [0.4, 0.5) is 0 Å². The van der Waals surface area contributed by atoms with E-state index in [0.29, 0.717) is 12.3 Å². The molecule has 2 heteroatoms. The van der Waals surface area contributed by atoms with Crippen LogP contribution in [0.15, 0.2) is 30.3 Å². The van der Waals surface area contributed by atoms with Crippen molar-refractivity contribution in [2.45, 2.75) is 46.0 Å². The lowest BCUT2D eigenvalue weighted by Crippen LogP contribution is -2.30. The maximum Gasteiger partial charge on any atom is 0.224 e. The van der Waals surface area contributed by atoms with E-state index in [-0.39, 0.29) is 5.91 Å². The molecule has 0 spiro atoms. The molecule has 0 bridgehead atoms. The summed E-state index contributed by atoms with van der Waals surface area (Å²) in [6.45, 7) is 5.23. The summed E-state index contributed by atoms with van der Waals surface area (Å²) in [6, 6.07) is 9.90. The van der Waals surface area contributed by atoms with Gasteiger partial charge >= 0.3 is 0 Å². The predicted octanol–water partition coefficient (Wildman–Crippen LogP) is 3.56. The number of carbonyl (C=O) groups excluding carboxylic acids is 1. The Bertz CT molecular complexity index is 334. The van der Waals surface area contributed by atoms with Gasteiger partial charge in [-0.1, -0.05) is 63.4 Å². The second-order valence-electron chi connectivity index (χ2n) is 4.88. The van der Waals surface area contributed by atoms with E-state index in [1.54, 1.807) is 0 Å². The molecule has 1 atom stereocenters. The number of hydrogen-bond acceptors (Lipinski definition) is 1. The van der Waals surface area contributed by atoms with Crippen LogP contribution in [0, 0.1) is 5.92 Å². The quantitative estimate of drug-likeness (QED) is 0.747. The first-order valence-corrected chi connectivity index (χ1v) is 7.06. The fraction of sp³-hybridized carbons (Fsp3) is 0.562. The molecule has 1 amide bonds. The van der Waals surface area contributed by atoms with Gasteiger partial charge in [-0.25, -0.2) is 0 Å². The van der Waals surface area contributed by atoms with E-state index >= 15 is 0 Å². The molecule has 0 aliphatic heterocycles. The highest BCUT2D eigenvalue weighted by Crippen LogP contribution is 2.11. The molecule has 0 aliphatic rings. The standard InChI is InChI=1S/C16H25NO/c1-3-5-9-14(4-2)13-17-16(18)12-15-10-7-6-8-11-15/h6-8,10-11,14H,3-5,9,12-13H2,1-2H3,(H,17,18)/t14-/m0/s1. The highest BCUT2D eigenvalue weighted by atomic mass is 16.1. The normalized spacial score (nSPS) is 12.1. The van der Waals surface area contributed by atoms with Crippen LogP contribution in [0.2, 0.25) is 0 Å². The molecule has 0 radical (unpaired) electrons. The van der Waals surface area contributed by atoms with Gasteiger partial charge in [-0.15, -0.1) is 0 Å². The minimum atomic E-state index is 0.135. The number of hydrogen-bond donors (Lipinski definition) is 1. The first kappa shape index (κ1) is 14.7. The van der Waals surface area contributed by atoms with Gasteiger partial charge in [0, 0.05) is 6.54 Å². The minimum absolute atomic E-state index is 0.135. The summed E-state index contributed by atoms with van der Waals surface area (Å²) in [7, 11) is 0. The molecule has 1 aromatic carbocycles. The average molecular weight is 247 g/mol. The zero-order valence-electron chi connectivity index (χ0n) is 11.6. The molecule has 1 aromatic rings. The molecule has 0 unspecified atom stereocenters. The van der Waals surface area contributed by atoms with Crippen LogP contribution in [0.25, 0.3) is 0 Å². The third-order valence-corrected chi connectivity index (χ3v) is 3.34. The topological polar surface area (TPSA) is 29.1 Å². The van der Waals surface area contributed by atoms with Crippen LogP contribution in [-0.2, 0) is 11.2 Å². The molecule has 0 heterocycles. The van der Waals surface area contributed by atoms with Crippen molar-refractivity contribution in [2.75, 3.05) is 6.54 Å². The Labute approximate surface area is 111 Å². The first-order valence-electron chi connectivity index (χ1n) is 7.06. The van der Waals surface area contributed by atoms with Crippen molar-refractivity contribution >= 4 is 5.91 Å². The van der Waals surface area contributed by atoms with Crippen molar-refractivity contribution in [1.29, 1.82) is 0 Å². The highest BCUT2D eigenvalue weighted by Gasteiger charge is 2.08. The summed E-state index contributed by atoms with van der Waals surface area (Å²) in [4.78, 5) is 11.8. The van der Waals surface area contributed by atoms with Crippen LogP contribution in [0.1, 0.15) is 45.1 Å². The van der Waals surface area contributed by atoms with E-state index in [9.17, 15) is 4.79 Å². The Hall–Kier alpha value is -1.31. The number of carbonyl (C=O) groups is 1. The van der Waals surface area contributed by atoms with Crippen molar-refractivity contribution in [3.8, 4) is 0 Å². The first-order chi connectivity index (χ1) is 8.76. The Morgan fingerprint density at radius 1 is 1.22 bits per heavy atom. The lowest BCUT2D eigenvalue weighted by molar-refractivity contribution is -0.120. The summed E-state index contributed by atoms with van der Waals surface area (Å²) in [5.41, 5.74) is 1.08. The fourth-order valence-electron chi connectivity index (χ4n) is 2.05. The molecule has 0 aliphatic carbocycles. The van der Waals surface area contributed by atoms with Gasteiger partial charge in [-0.3, -0.25) is 4.79 Å². The van der Waals surface area contributed by atoms with Gasteiger partial charge in [-0.05, 0) is 17.9 Å². The van der Waals surface area contributed by atoms with Crippen LogP contribution in [0.3, 0.4) is 0 Å². The van der Waals surface area contributed by atoms with Gasteiger partial charge in [0.2, 0.25) is 5.91 Å².